The summed E-state index contributed by atoms with van der Waals surface area (Å²) in [6.07, 6.45) is 0.183. The van der Waals surface area contributed by atoms with E-state index in [0.717, 1.165) is 5.71 Å². The van der Waals surface area contributed by atoms with E-state index >= 15 is 0 Å². The Morgan fingerprint density at radius 2 is 1.63 bits per heavy atom. The molecule has 0 aliphatic carbocycles. The van der Waals surface area contributed by atoms with Crippen molar-refractivity contribution in [3.8, 4) is 0 Å². The van der Waals surface area contributed by atoms with Gasteiger partial charge in [0.2, 0.25) is 0 Å². The molecule has 3 N–H and O–H groups in total. The molecule has 2 aliphatic heterocycles. The molecule has 2 aliphatic rings. The molecule has 1 saturated heterocycles. The molecule has 12 atom stereocenters. The van der Waals surface area contributed by atoms with Crippen molar-refractivity contribution in [2.75, 3.05) is 7.05 Å². The molecule has 2 rings (SSSR count). The number of carbonyl (C=O) groups is 1. The van der Waals surface area contributed by atoms with Gasteiger partial charge in [-0.2, -0.15) is 0 Å². The number of aliphatic hydroxyl groups is 3. The molecule has 0 spiro atoms. The molecule has 0 radical (unpaired) electrons. The van der Waals surface area contributed by atoms with E-state index in [2.05, 4.69) is 32.7 Å². The molecule has 0 aromatic rings. The van der Waals surface area contributed by atoms with Crippen LogP contribution >= 0.6 is 0 Å². The average molecular weight is 540 g/mol. The number of aliphatic imine (C=N–C) groups is 1. The maximum absolute atomic E-state index is 13.4. The van der Waals surface area contributed by atoms with Crippen LogP contribution in [0.1, 0.15) is 82.1 Å². The van der Waals surface area contributed by atoms with Crippen LogP contribution in [0.25, 0.3) is 0 Å². The largest absolute Gasteiger partial charge is 0.459 e. The van der Waals surface area contributed by atoms with Gasteiger partial charge in [0.05, 0.1) is 24.2 Å². The van der Waals surface area contributed by atoms with Gasteiger partial charge in [-0.1, -0.05) is 67.5 Å². The quantitative estimate of drug-likeness (QED) is 0.364. The predicted molar refractivity (Wildman–Crippen MR) is 149 cm³/mol. The highest BCUT2D eigenvalue weighted by molar-refractivity contribution is 5.89. The highest BCUT2D eigenvalue weighted by Gasteiger charge is 2.48. The lowest BCUT2D eigenvalue weighted by molar-refractivity contribution is -0.252. The van der Waals surface area contributed by atoms with Crippen LogP contribution in [0, 0.1) is 35.0 Å². The van der Waals surface area contributed by atoms with E-state index < -0.39 is 53.4 Å². The maximum atomic E-state index is 13.4. The number of esters is 1. The highest BCUT2D eigenvalue weighted by atomic mass is 16.7. The van der Waals surface area contributed by atoms with Crippen molar-refractivity contribution < 1.29 is 34.3 Å². The Labute approximate surface area is 229 Å². The number of ether oxygens (including phenoxy) is 3. The summed E-state index contributed by atoms with van der Waals surface area (Å²) in [5.41, 5.74) is -1.30. The van der Waals surface area contributed by atoms with Crippen LogP contribution in [-0.4, -0.2) is 76.5 Å². The third-order valence-corrected chi connectivity index (χ3v) is 9.14. The van der Waals surface area contributed by atoms with Gasteiger partial charge in [0.1, 0.15) is 17.8 Å². The van der Waals surface area contributed by atoms with E-state index in [9.17, 15) is 20.1 Å². The van der Waals surface area contributed by atoms with Crippen molar-refractivity contribution in [1.82, 2.24) is 0 Å². The number of rotatable bonds is 3. The maximum Gasteiger partial charge on any atom is 0.309 e. The third-order valence-electron chi connectivity index (χ3n) is 9.14. The van der Waals surface area contributed by atoms with Crippen LogP contribution in [0.4, 0.5) is 0 Å². The molecule has 2 heterocycles. The molecule has 1 fully saturated rings. The summed E-state index contributed by atoms with van der Waals surface area (Å²) in [5, 5.41) is 33.4. The SMILES string of the molecule is CC[C@H]1OC(=O)[C@H](C)[C@@H](C)[C@H](C)[C@@H](OC2O[C@H](C)C=C[C@H]2O)C(C)(C)C[C@@H](C)C(=NC)[C@H](C)[C@@H](O)[C@]1(C)O. The van der Waals surface area contributed by atoms with Gasteiger partial charge >= 0.3 is 5.97 Å². The lowest BCUT2D eigenvalue weighted by atomic mass is 9.67. The summed E-state index contributed by atoms with van der Waals surface area (Å²) in [4.78, 5) is 17.9. The van der Waals surface area contributed by atoms with Crippen molar-refractivity contribution in [3.63, 3.8) is 0 Å². The smallest absolute Gasteiger partial charge is 0.309 e. The van der Waals surface area contributed by atoms with E-state index in [1.165, 1.54) is 6.92 Å². The first-order valence-electron chi connectivity index (χ1n) is 14.2. The van der Waals surface area contributed by atoms with E-state index in [4.69, 9.17) is 14.2 Å². The molecule has 0 saturated carbocycles. The van der Waals surface area contributed by atoms with E-state index in [1.54, 1.807) is 13.1 Å². The Kier molecular flexibility index (Phi) is 11.2. The second-order valence-corrected chi connectivity index (χ2v) is 12.7. The van der Waals surface area contributed by atoms with Gasteiger partial charge in [-0.05, 0) is 49.9 Å². The number of carbonyl (C=O) groups excluding carboxylic acids is 1. The van der Waals surface area contributed by atoms with Crippen LogP contribution in [0.3, 0.4) is 0 Å². The Morgan fingerprint density at radius 3 is 2.18 bits per heavy atom. The van der Waals surface area contributed by atoms with Gasteiger partial charge in [0.15, 0.2) is 6.29 Å². The molecular formula is C30H53NO7. The van der Waals surface area contributed by atoms with Crippen LogP contribution in [-0.2, 0) is 19.0 Å². The normalized spacial score (nSPS) is 46.4. The second-order valence-electron chi connectivity index (χ2n) is 12.7. The molecule has 0 aromatic carbocycles. The van der Waals surface area contributed by atoms with Crippen molar-refractivity contribution in [3.05, 3.63) is 12.2 Å². The lowest BCUT2D eigenvalue weighted by Gasteiger charge is -2.46. The fourth-order valence-electron chi connectivity index (χ4n) is 6.53. The average Bonchev–Trinajstić information content (AvgIpc) is 2.84. The number of aliphatic hydroxyl groups excluding tert-OH is 2. The molecule has 0 bridgehead atoms. The zero-order chi connectivity index (χ0) is 29.2. The molecule has 8 nitrogen and oxygen atoms in total. The molecule has 220 valence electrons. The Bertz CT molecular complexity index is 854. The minimum Gasteiger partial charge on any atom is -0.459 e. The molecule has 1 unspecified atom stereocenters. The van der Waals surface area contributed by atoms with Gasteiger partial charge < -0.3 is 29.5 Å². The zero-order valence-electron chi connectivity index (χ0n) is 25.3. The first kappa shape index (κ1) is 32.9. The minimum absolute atomic E-state index is 0.0388. The topological polar surface area (TPSA) is 118 Å². The first-order valence-corrected chi connectivity index (χ1v) is 14.2. The van der Waals surface area contributed by atoms with Crippen molar-refractivity contribution in [1.29, 1.82) is 0 Å². The van der Waals surface area contributed by atoms with Gasteiger partial charge in [0.25, 0.3) is 0 Å². The van der Waals surface area contributed by atoms with Gasteiger partial charge in [-0.15, -0.1) is 0 Å². The Balaban J connectivity index is 2.58. The third kappa shape index (κ3) is 7.05. The van der Waals surface area contributed by atoms with Gasteiger partial charge in [-0.3, -0.25) is 9.79 Å². The Hall–Kier alpha value is -1.32. The van der Waals surface area contributed by atoms with E-state index in [-0.39, 0.29) is 30.0 Å². The van der Waals surface area contributed by atoms with Crippen molar-refractivity contribution in [2.45, 2.75) is 124 Å². The molecule has 0 aromatic heterocycles. The summed E-state index contributed by atoms with van der Waals surface area (Å²) >= 11 is 0. The highest BCUT2D eigenvalue weighted by Crippen LogP contribution is 2.42. The summed E-state index contributed by atoms with van der Waals surface area (Å²) in [6, 6.07) is 0. The summed E-state index contributed by atoms with van der Waals surface area (Å²) < 4.78 is 18.4. The standard InChI is InChI=1S/C30H53NO7/c1-12-23-30(10,35)25(33)21(7)24(31-11)16(2)15-29(8,9)26(19(5)18(4)20(6)27(34)37-23)38-28-22(32)14-13-17(3)36-28/h13-14,16-23,25-26,28,32-33,35H,12,15H2,1-11H3/t16-,17-,18+,19+,20-,21+,22-,23-,25-,26-,28?,30-/m1/s1. The van der Waals surface area contributed by atoms with Crippen LogP contribution in [0.15, 0.2) is 17.1 Å². The number of hydrogen-bond donors (Lipinski definition) is 3. The van der Waals surface area contributed by atoms with Gasteiger partial charge in [-0.25, -0.2) is 0 Å². The number of nitrogens with zero attached hydrogens (tertiary/aromatic N) is 1. The van der Waals surface area contributed by atoms with Crippen LogP contribution < -0.4 is 0 Å². The first-order chi connectivity index (χ1) is 17.5. The van der Waals surface area contributed by atoms with Crippen molar-refractivity contribution in [2.24, 2.45) is 40.0 Å². The fraction of sp³-hybridized carbons (Fsp3) is 0.867. The lowest BCUT2D eigenvalue weighted by Crippen LogP contribution is -2.56. The Morgan fingerprint density at radius 1 is 1.03 bits per heavy atom. The minimum atomic E-state index is -1.65. The molecule has 38 heavy (non-hydrogen) atoms. The fourth-order valence-corrected chi connectivity index (χ4v) is 6.53. The predicted octanol–water partition coefficient (Wildman–Crippen LogP) is 4.15. The number of hydrogen-bond acceptors (Lipinski definition) is 8. The molecule has 8 heteroatoms. The van der Waals surface area contributed by atoms with Crippen LogP contribution in [0.5, 0.6) is 0 Å². The van der Waals surface area contributed by atoms with E-state index in [1.807, 2.05) is 40.7 Å². The second kappa shape index (κ2) is 12.9. The van der Waals surface area contributed by atoms with Crippen molar-refractivity contribution >= 4 is 11.7 Å². The van der Waals surface area contributed by atoms with Crippen LogP contribution in [0.2, 0.25) is 0 Å². The summed E-state index contributed by atoms with van der Waals surface area (Å²) in [5.74, 6) is -1.68. The zero-order valence-corrected chi connectivity index (χ0v) is 25.3. The number of cyclic esters (lactones) is 1. The molecular weight excluding hydrogens is 486 g/mol. The van der Waals surface area contributed by atoms with Gasteiger partial charge in [0, 0.05) is 18.7 Å². The summed E-state index contributed by atoms with van der Waals surface area (Å²) in [6.45, 7) is 19.4. The monoisotopic (exact) mass is 539 g/mol. The summed E-state index contributed by atoms with van der Waals surface area (Å²) in [7, 11) is 1.71. The molecule has 0 amide bonds. The van der Waals surface area contributed by atoms with E-state index in [0.29, 0.717) is 12.8 Å².